The highest BCUT2D eigenvalue weighted by Gasteiger charge is 2.35. The van der Waals surface area contributed by atoms with E-state index in [9.17, 15) is 0 Å². The first kappa shape index (κ1) is 12.6. The van der Waals surface area contributed by atoms with Crippen LogP contribution in [0.25, 0.3) is 12.2 Å². The largest absolute Gasteiger partial charge is 0.367 e. The molecular formula is C20H22N2. The van der Waals surface area contributed by atoms with E-state index in [1.165, 1.54) is 66.9 Å². The number of rotatable bonds is 1. The molecular weight excluding hydrogens is 268 g/mol. The fourth-order valence-corrected chi connectivity index (χ4v) is 4.52. The summed E-state index contributed by atoms with van der Waals surface area (Å²) in [5.41, 5.74) is 9.04. The van der Waals surface area contributed by atoms with E-state index in [1.807, 2.05) is 0 Å². The van der Waals surface area contributed by atoms with Gasteiger partial charge in [0.05, 0.1) is 6.04 Å². The smallest absolute Gasteiger partial charge is 0.0558 e. The fourth-order valence-electron chi connectivity index (χ4n) is 4.52. The molecule has 4 aliphatic rings. The Labute approximate surface area is 131 Å². The molecule has 5 rings (SSSR count). The summed E-state index contributed by atoms with van der Waals surface area (Å²) < 4.78 is 0. The zero-order chi connectivity index (χ0) is 14.5. The van der Waals surface area contributed by atoms with Crippen LogP contribution in [-0.2, 0) is 12.8 Å². The minimum Gasteiger partial charge on any atom is -0.367 e. The number of hydrogen-bond acceptors (Lipinski definition) is 1. The number of allylic oxidation sites excluding steroid dienone is 5. The van der Waals surface area contributed by atoms with Crippen molar-refractivity contribution < 1.29 is 0 Å². The first-order valence-electron chi connectivity index (χ1n) is 8.63. The van der Waals surface area contributed by atoms with Crippen molar-refractivity contribution in [1.82, 2.24) is 9.88 Å². The zero-order valence-electron chi connectivity index (χ0n) is 12.9. The van der Waals surface area contributed by atoms with Gasteiger partial charge in [0.15, 0.2) is 0 Å². The second kappa shape index (κ2) is 4.77. The standard InChI is InChI=1S/C20H22N2/c1-2-6-15(7-3-1)22-11-10-14-12-17-16-8-4-5-9-18(16)21-19(17)13-20(14)22/h1-2,4,6,8,12,20-21H,3,5,7,9-11,13H2. The Morgan fingerprint density at radius 3 is 2.86 bits per heavy atom. The van der Waals surface area contributed by atoms with Gasteiger partial charge in [-0.05, 0) is 43.8 Å². The molecule has 0 aromatic carbocycles. The van der Waals surface area contributed by atoms with Crippen LogP contribution in [0.3, 0.4) is 0 Å². The van der Waals surface area contributed by atoms with Gasteiger partial charge in [-0.2, -0.15) is 0 Å². The summed E-state index contributed by atoms with van der Waals surface area (Å²) in [4.78, 5) is 6.39. The Bertz CT molecular complexity index is 742. The van der Waals surface area contributed by atoms with Crippen molar-refractivity contribution in [2.45, 2.75) is 44.6 Å². The van der Waals surface area contributed by atoms with E-state index in [2.05, 4.69) is 46.3 Å². The maximum Gasteiger partial charge on any atom is 0.0558 e. The lowest BCUT2D eigenvalue weighted by Gasteiger charge is -2.32. The highest BCUT2D eigenvalue weighted by molar-refractivity contribution is 5.74. The summed E-state index contributed by atoms with van der Waals surface area (Å²) in [6.07, 6.45) is 21.1. The summed E-state index contributed by atoms with van der Waals surface area (Å²) in [6.45, 7) is 1.19. The third-order valence-electron chi connectivity index (χ3n) is 5.62. The van der Waals surface area contributed by atoms with Gasteiger partial charge in [-0.3, -0.25) is 0 Å². The number of nitrogens with one attached hydrogen (secondary N) is 1. The molecule has 3 aliphatic carbocycles. The van der Waals surface area contributed by atoms with Gasteiger partial charge in [-0.25, -0.2) is 0 Å². The Balaban J connectivity index is 1.52. The molecule has 1 aromatic rings. The molecule has 1 aromatic heterocycles. The van der Waals surface area contributed by atoms with Gasteiger partial charge >= 0.3 is 0 Å². The number of H-pyrrole nitrogens is 1. The van der Waals surface area contributed by atoms with Crippen LogP contribution in [0, 0.1) is 0 Å². The molecule has 1 fully saturated rings. The molecule has 0 amide bonds. The minimum atomic E-state index is 0.592. The number of aromatic amines is 1. The van der Waals surface area contributed by atoms with Gasteiger partial charge in [-0.1, -0.05) is 30.4 Å². The van der Waals surface area contributed by atoms with Crippen molar-refractivity contribution in [2.75, 3.05) is 6.54 Å². The molecule has 1 aliphatic heterocycles. The summed E-state index contributed by atoms with van der Waals surface area (Å²) in [5.74, 6) is 0. The van der Waals surface area contributed by atoms with Gasteiger partial charge in [0.25, 0.3) is 0 Å². The third kappa shape index (κ3) is 1.79. The van der Waals surface area contributed by atoms with Crippen LogP contribution in [-0.4, -0.2) is 22.5 Å². The maximum absolute atomic E-state index is 3.73. The van der Waals surface area contributed by atoms with E-state index < -0.39 is 0 Å². The second-order valence-corrected chi connectivity index (χ2v) is 6.86. The molecule has 0 radical (unpaired) electrons. The molecule has 1 N–H and O–H groups in total. The molecule has 2 nitrogen and oxygen atoms in total. The van der Waals surface area contributed by atoms with E-state index in [0.717, 1.165) is 6.42 Å². The van der Waals surface area contributed by atoms with E-state index in [0.29, 0.717) is 6.04 Å². The molecule has 0 spiro atoms. The number of likely N-dealkylation sites (tertiary alicyclic amines) is 1. The van der Waals surface area contributed by atoms with Crippen molar-refractivity contribution in [2.24, 2.45) is 0 Å². The monoisotopic (exact) mass is 290 g/mol. The molecule has 1 atom stereocenters. The number of aromatic nitrogens is 1. The average molecular weight is 290 g/mol. The van der Waals surface area contributed by atoms with E-state index in [1.54, 1.807) is 5.57 Å². The van der Waals surface area contributed by atoms with Gasteiger partial charge in [-0.15, -0.1) is 0 Å². The topological polar surface area (TPSA) is 19.0 Å². The van der Waals surface area contributed by atoms with Gasteiger partial charge in [0.2, 0.25) is 0 Å². The predicted molar refractivity (Wildman–Crippen MR) is 91.4 cm³/mol. The van der Waals surface area contributed by atoms with E-state index in [4.69, 9.17) is 0 Å². The fraction of sp³-hybridized carbons (Fsp3) is 0.400. The zero-order valence-corrected chi connectivity index (χ0v) is 12.9. The van der Waals surface area contributed by atoms with Crippen LogP contribution >= 0.6 is 0 Å². The lowest BCUT2D eigenvalue weighted by atomic mass is 9.90. The molecule has 0 bridgehead atoms. The Kier molecular flexibility index (Phi) is 2.73. The van der Waals surface area contributed by atoms with Crippen LogP contribution in [0.2, 0.25) is 0 Å². The molecule has 1 unspecified atom stereocenters. The van der Waals surface area contributed by atoms with Crippen LogP contribution in [0.15, 0.2) is 35.6 Å². The number of hydrogen-bond donors (Lipinski definition) is 1. The lowest BCUT2D eigenvalue weighted by Crippen LogP contribution is -2.33. The molecule has 2 heterocycles. The first-order chi connectivity index (χ1) is 10.9. The van der Waals surface area contributed by atoms with Crippen LogP contribution in [0.4, 0.5) is 0 Å². The van der Waals surface area contributed by atoms with Crippen LogP contribution in [0.1, 0.15) is 48.2 Å². The Morgan fingerprint density at radius 2 is 1.95 bits per heavy atom. The SMILES string of the molecule is C1=CCCC(N2CCC3=Cc4c([nH]c5c4C=CCC5)CC32)=C1. The molecule has 1 saturated heterocycles. The third-order valence-corrected chi connectivity index (χ3v) is 5.62. The van der Waals surface area contributed by atoms with Gasteiger partial charge in [0.1, 0.15) is 0 Å². The second-order valence-electron chi connectivity index (χ2n) is 6.86. The molecule has 2 heteroatoms. The minimum absolute atomic E-state index is 0.592. The van der Waals surface area contributed by atoms with Gasteiger partial charge in [0, 0.05) is 41.2 Å². The molecule has 22 heavy (non-hydrogen) atoms. The summed E-state index contributed by atoms with van der Waals surface area (Å²) in [5, 5.41) is 0. The number of nitrogens with zero attached hydrogens (tertiary/aromatic N) is 1. The van der Waals surface area contributed by atoms with Gasteiger partial charge < -0.3 is 9.88 Å². The highest BCUT2D eigenvalue weighted by atomic mass is 15.2. The Hall–Kier alpha value is -1.96. The Morgan fingerprint density at radius 1 is 1.00 bits per heavy atom. The lowest BCUT2D eigenvalue weighted by molar-refractivity contribution is 0.323. The van der Waals surface area contributed by atoms with Crippen molar-refractivity contribution >= 4 is 12.2 Å². The highest BCUT2D eigenvalue weighted by Crippen LogP contribution is 2.40. The summed E-state index contributed by atoms with van der Waals surface area (Å²) in [7, 11) is 0. The quantitative estimate of drug-likeness (QED) is 0.820. The van der Waals surface area contributed by atoms with Crippen molar-refractivity contribution in [1.29, 1.82) is 0 Å². The number of fused-ring (bicyclic) bond motifs is 4. The summed E-state index contributed by atoms with van der Waals surface area (Å²) in [6, 6.07) is 0.592. The maximum atomic E-state index is 3.73. The van der Waals surface area contributed by atoms with Crippen LogP contribution < -0.4 is 0 Å². The molecule has 0 saturated carbocycles. The first-order valence-corrected chi connectivity index (χ1v) is 8.63. The summed E-state index contributed by atoms with van der Waals surface area (Å²) >= 11 is 0. The molecule has 112 valence electrons. The van der Waals surface area contributed by atoms with E-state index >= 15 is 0 Å². The van der Waals surface area contributed by atoms with Crippen molar-refractivity contribution in [3.8, 4) is 0 Å². The predicted octanol–water partition coefficient (Wildman–Crippen LogP) is 4.22. The van der Waals surface area contributed by atoms with Crippen molar-refractivity contribution in [3.05, 3.63) is 58.1 Å². The van der Waals surface area contributed by atoms with Crippen LogP contribution in [0.5, 0.6) is 0 Å². The average Bonchev–Trinajstić information content (AvgIpc) is 3.14. The normalized spacial score (nSPS) is 25.5. The van der Waals surface area contributed by atoms with Crippen molar-refractivity contribution in [3.63, 3.8) is 0 Å². The number of aryl methyl sites for hydroxylation is 1. The van der Waals surface area contributed by atoms with E-state index in [-0.39, 0.29) is 0 Å².